The van der Waals surface area contributed by atoms with E-state index in [2.05, 4.69) is 102 Å². The predicted octanol–water partition coefficient (Wildman–Crippen LogP) is 7.92. The van der Waals surface area contributed by atoms with Crippen molar-refractivity contribution in [2.24, 2.45) is 0 Å². The summed E-state index contributed by atoms with van der Waals surface area (Å²) < 4.78 is 9.63. The van der Waals surface area contributed by atoms with Crippen molar-refractivity contribution >= 4 is 11.1 Å². The van der Waals surface area contributed by atoms with Gasteiger partial charge in [0, 0.05) is 49.4 Å². The van der Waals surface area contributed by atoms with E-state index in [-0.39, 0.29) is 20.1 Å². The number of aryl methyl sites for hydroxylation is 4. The van der Waals surface area contributed by atoms with Gasteiger partial charge in [0.2, 0.25) is 0 Å². The number of aromatic nitrogens is 5. The Kier molecular flexibility index (Phi) is 9.01. The van der Waals surface area contributed by atoms with Crippen LogP contribution in [-0.4, -0.2) is 24.1 Å². The number of benzene rings is 4. The monoisotopic (exact) mass is 753 g/mol. The van der Waals surface area contributed by atoms with Gasteiger partial charge in [-0.2, -0.15) is 5.26 Å². The van der Waals surface area contributed by atoms with E-state index in [1.165, 1.54) is 28.6 Å². The van der Waals surface area contributed by atoms with Gasteiger partial charge < -0.3 is 13.6 Å². The maximum atomic E-state index is 8.98. The van der Waals surface area contributed by atoms with Gasteiger partial charge in [-0.05, 0) is 61.7 Å². The van der Waals surface area contributed by atoms with Crippen molar-refractivity contribution in [2.75, 3.05) is 0 Å². The Balaban J connectivity index is 0.000000171. The Morgan fingerprint density at radius 1 is 0.818 bits per heavy atom. The molecule has 0 bridgehead atoms. The molecule has 7 aromatic rings. The Labute approximate surface area is 269 Å². The van der Waals surface area contributed by atoms with Crippen LogP contribution < -0.4 is 0 Å². The smallest absolute Gasteiger partial charge is 0.169 e. The van der Waals surface area contributed by atoms with E-state index in [9.17, 15) is 0 Å². The van der Waals surface area contributed by atoms with E-state index in [4.69, 9.17) is 9.68 Å². The summed E-state index contributed by atoms with van der Waals surface area (Å²) in [6.07, 6.45) is 8.99. The summed E-state index contributed by atoms with van der Waals surface area (Å²) in [5.41, 5.74) is 11.7. The first-order valence-electron chi connectivity index (χ1n) is 13.8. The van der Waals surface area contributed by atoms with Crippen molar-refractivity contribution < 1.29 is 24.5 Å². The summed E-state index contributed by atoms with van der Waals surface area (Å²) in [7, 11) is 0. The van der Waals surface area contributed by atoms with Crippen LogP contribution in [0, 0.1) is 51.2 Å². The van der Waals surface area contributed by atoms with Crippen molar-refractivity contribution in [2.45, 2.75) is 27.7 Å². The minimum atomic E-state index is 0. The normalized spacial score (nSPS) is 10.5. The Bertz CT molecular complexity index is 2070. The van der Waals surface area contributed by atoms with E-state index < -0.39 is 0 Å². The molecule has 0 aliphatic rings. The van der Waals surface area contributed by atoms with E-state index in [0.717, 1.165) is 39.5 Å². The fourth-order valence-corrected chi connectivity index (χ4v) is 5.33. The molecule has 219 valence electrons. The number of hydrogen-bond donors (Lipinski definition) is 0. The Morgan fingerprint density at radius 2 is 1.50 bits per heavy atom. The maximum absolute atomic E-state index is 8.98. The van der Waals surface area contributed by atoms with E-state index in [1.54, 1.807) is 30.7 Å². The fraction of sp³-hybridized carbons (Fsp3) is 0.111. The molecule has 0 unspecified atom stereocenters. The molecule has 1 radical (unpaired) electrons. The molecular weight excluding hydrogens is 725 g/mol. The van der Waals surface area contributed by atoms with Crippen molar-refractivity contribution in [3.63, 3.8) is 0 Å². The third-order valence-corrected chi connectivity index (χ3v) is 7.32. The number of oxazole rings is 1. The molecule has 0 saturated carbocycles. The zero-order chi connectivity index (χ0) is 29.9. The second-order valence-electron chi connectivity index (χ2n) is 10.3. The second kappa shape index (κ2) is 13.0. The number of rotatable bonds is 4. The van der Waals surface area contributed by atoms with Crippen LogP contribution in [0.2, 0.25) is 0 Å². The van der Waals surface area contributed by atoms with Gasteiger partial charge in [0.05, 0.1) is 29.5 Å². The van der Waals surface area contributed by atoms with E-state index in [1.807, 2.05) is 29.1 Å². The number of hydrogen-bond acceptors (Lipinski definition) is 5. The molecule has 7 rings (SSSR count). The standard InChI is InChI=1S/C18H14N3O.C18H14N3.Ir/c1-12-5-3-6-13(2)16(12)21-10-9-19-18(21)14-7-4-8-15-17(14)22-11-20-15;1-13-5-3-6-14(2)18(13)21-11-17(20-12-21)16-8-4-7-15(9-16)10-19;/h3-6,8-11H,1-2H3;3-7,9,11-12H,1-2H3;/q2*-1;. The number of nitrogens with zero attached hydrogens (tertiary/aromatic N) is 6. The summed E-state index contributed by atoms with van der Waals surface area (Å²) >= 11 is 0. The largest absolute Gasteiger partial charge is 0.490 e. The first-order chi connectivity index (χ1) is 20.9. The molecule has 4 aromatic carbocycles. The van der Waals surface area contributed by atoms with Crippen LogP contribution in [0.1, 0.15) is 27.8 Å². The van der Waals surface area contributed by atoms with Gasteiger partial charge in [0.1, 0.15) is 0 Å². The molecule has 0 saturated heterocycles. The van der Waals surface area contributed by atoms with Crippen LogP contribution in [0.4, 0.5) is 0 Å². The van der Waals surface area contributed by atoms with Crippen LogP contribution in [0.15, 0.2) is 102 Å². The summed E-state index contributed by atoms with van der Waals surface area (Å²) in [4.78, 5) is 13.2. The number of imidazole rings is 2. The van der Waals surface area contributed by atoms with Crippen LogP contribution in [0.5, 0.6) is 0 Å². The predicted molar refractivity (Wildman–Crippen MR) is 167 cm³/mol. The third kappa shape index (κ3) is 5.89. The third-order valence-electron chi connectivity index (χ3n) is 7.32. The molecule has 0 N–H and O–H groups in total. The van der Waals surface area contributed by atoms with Gasteiger partial charge >= 0.3 is 0 Å². The van der Waals surface area contributed by atoms with E-state index >= 15 is 0 Å². The number of nitriles is 1. The van der Waals surface area contributed by atoms with Gasteiger partial charge in [-0.3, -0.25) is 9.97 Å². The van der Waals surface area contributed by atoms with Crippen LogP contribution >= 0.6 is 0 Å². The van der Waals surface area contributed by atoms with Gasteiger partial charge in [0.25, 0.3) is 0 Å². The average molecular weight is 753 g/mol. The first-order valence-corrected chi connectivity index (χ1v) is 13.8. The number of para-hydroxylation sites is 2. The number of fused-ring (bicyclic) bond motifs is 1. The molecule has 0 spiro atoms. The summed E-state index contributed by atoms with van der Waals surface area (Å²) in [5.74, 6) is 0.805. The van der Waals surface area contributed by atoms with Crippen molar-refractivity contribution in [1.29, 1.82) is 5.26 Å². The molecule has 0 atom stereocenters. The topological polar surface area (TPSA) is 85.5 Å². The Hall–Kier alpha value is -5.09. The molecule has 3 heterocycles. The maximum Gasteiger partial charge on any atom is 0.169 e. The molecule has 0 fully saturated rings. The van der Waals surface area contributed by atoms with Crippen molar-refractivity contribution in [3.05, 3.63) is 138 Å². The minimum absolute atomic E-state index is 0. The molecule has 0 aliphatic carbocycles. The van der Waals surface area contributed by atoms with Crippen LogP contribution in [0.3, 0.4) is 0 Å². The summed E-state index contributed by atoms with van der Waals surface area (Å²) in [6, 6.07) is 30.0. The van der Waals surface area contributed by atoms with Gasteiger partial charge in [-0.25, -0.2) is 4.98 Å². The van der Waals surface area contributed by atoms with Gasteiger partial charge in [-0.1, -0.05) is 42.0 Å². The molecule has 0 amide bonds. The quantitative estimate of drug-likeness (QED) is 0.171. The van der Waals surface area contributed by atoms with Gasteiger partial charge in [-0.15, -0.1) is 48.0 Å². The molecule has 7 nitrogen and oxygen atoms in total. The fourth-order valence-electron chi connectivity index (χ4n) is 5.33. The van der Waals surface area contributed by atoms with Crippen LogP contribution in [-0.2, 0) is 20.1 Å². The molecule has 3 aromatic heterocycles. The molecule has 44 heavy (non-hydrogen) atoms. The van der Waals surface area contributed by atoms with E-state index in [0.29, 0.717) is 11.1 Å². The SMILES string of the molecule is Cc1cccc(C)c1-n1ccnc1-c1[c-]ccc2ncoc12.Cc1cccc(C)c1-n1cnc(-c2[c-]ccc(C#N)c2)c1.[Ir]. The second-order valence-corrected chi connectivity index (χ2v) is 10.3. The zero-order valence-electron chi connectivity index (χ0n) is 24.7. The summed E-state index contributed by atoms with van der Waals surface area (Å²) in [6.45, 7) is 8.38. The average Bonchev–Trinajstić information content (AvgIpc) is 3.79. The first kappa shape index (κ1) is 30.4. The van der Waals surface area contributed by atoms with Crippen molar-refractivity contribution in [3.8, 4) is 40.1 Å². The molecule has 0 aliphatic heterocycles. The molecule has 8 heteroatoms. The molecular formula is C36H28IrN6O-2. The minimum Gasteiger partial charge on any atom is -0.490 e. The van der Waals surface area contributed by atoms with Crippen LogP contribution in [0.25, 0.3) is 45.1 Å². The summed E-state index contributed by atoms with van der Waals surface area (Å²) in [5, 5.41) is 8.98. The Morgan fingerprint density at radius 3 is 2.20 bits per heavy atom. The van der Waals surface area contributed by atoms with Gasteiger partial charge in [0.15, 0.2) is 6.39 Å². The van der Waals surface area contributed by atoms with Crippen molar-refractivity contribution in [1.82, 2.24) is 24.1 Å². The zero-order valence-corrected chi connectivity index (χ0v) is 27.1.